The molecule has 0 atom stereocenters. The molecule has 3 rings (SSSR count). The molecule has 2 aliphatic heterocycles. The van der Waals surface area contributed by atoms with Crippen molar-refractivity contribution in [3.05, 3.63) is 18.2 Å². The third-order valence-electron chi connectivity index (χ3n) is 5.42. The van der Waals surface area contributed by atoms with Crippen LogP contribution in [0.15, 0.2) is 23.1 Å². The van der Waals surface area contributed by atoms with E-state index < -0.39 is 10.0 Å². The highest BCUT2D eigenvalue weighted by Gasteiger charge is 2.30. The van der Waals surface area contributed by atoms with Gasteiger partial charge in [0, 0.05) is 44.2 Å². The quantitative estimate of drug-likeness (QED) is 0.742. The van der Waals surface area contributed by atoms with Crippen LogP contribution in [-0.2, 0) is 14.8 Å². The predicted octanol–water partition coefficient (Wildman–Crippen LogP) is 1.46. The van der Waals surface area contributed by atoms with Gasteiger partial charge in [0.15, 0.2) is 11.5 Å². The molecule has 0 radical (unpaired) electrons. The van der Waals surface area contributed by atoms with Crippen molar-refractivity contribution in [1.29, 1.82) is 0 Å². The minimum atomic E-state index is -3.62. The second-order valence-corrected chi connectivity index (χ2v) is 10.1. The highest BCUT2D eigenvalue weighted by atomic mass is 32.2. The third-order valence-corrected chi connectivity index (χ3v) is 7.31. The van der Waals surface area contributed by atoms with Gasteiger partial charge < -0.3 is 14.8 Å². The summed E-state index contributed by atoms with van der Waals surface area (Å²) in [6, 6.07) is 4.77. The van der Waals surface area contributed by atoms with Crippen molar-refractivity contribution in [2.24, 2.45) is 0 Å². The van der Waals surface area contributed by atoms with E-state index in [1.807, 2.05) is 25.7 Å². The molecule has 0 unspecified atom stereocenters. The Morgan fingerprint density at radius 3 is 2.41 bits per heavy atom. The SMILES string of the molecule is CCC(C)(C)NC(=O)CN1CCN(S(=O)(=O)c2ccc3c(c2)OCCCO3)CC1. The molecule has 0 bridgehead atoms. The first kappa shape index (κ1) is 21.9. The molecule has 1 fully saturated rings. The zero-order valence-corrected chi connectivity index (χ0v) is 18.3. The van der Waals surface area contributed by atoms with E-state index in [1.54, 1.807) is 18.2 Å². The Balaban J connectivity index is 1.60. The highest BCUT2D eigenvalue weighted by molar-refractivity contribution is 7.89. The number of ether oxygens (including phenoxy) is 2. The van der Waals surface area contributed by atoms with Gasteiger partial charge in [-0.3, -0.25) is 9.69 Å². The summed E-state index contributed by atoms with van der Waals surface area (Å²) in [5.41, 5.74) is -0.237. The number of piperazine rings is 1. The number of hydrogen-bond acceptors (Lipinski definition) is 6. The summed E-state index contributed by atoms with van der Waals surface area (Å²) in [4.78, 5) is 14.4. The predicted molar refractivity (Wildman–Crippen MR) is 110 cm³/mol. The minimum Gasteiger partial charge on any atom is -0.490 e. The van der Waals surface area contributed by atoms with E-state index in [0.29, 0.717) is 50.9 Å². The van der Waals surface area contributed by atoms with E-state index in [0.717, 1.165) is 12.8 Å². The zero-order valence-electron chi connectivity index (χ0n) is 17.4. The fraction of sp³-hybridized carbons (Fsp3) is 0.650. The van der Waals surface area contributed by atoms with Crippen LogP contribution in [0.2, 0.25) is 0 Å². The van der Waals surface area contributed by atoms with Crippen LogP contribution in [0.5, 0.6) is 11.5 Å². The van der Waals surface area contributed by atoms with Crippen LogP contribution in [0.25, 0.3) is 0 Å². The summed E-state index contributed by atoms with van der Waals surface area (Å²) in [6.07, 6.45) is 1.61. The van der Waals surface area contributed by atoms with Crippen molar-refractivity contribution >= 4 is 15.9 Å². The Morgan fingerprint density at radius 2 is 1.76 bits per heavy atom. The monoisotopic (exact) mass is 425 g/mol. The van der Waals surface area contributed by atoms with Crippen LogP contribution in [0, 0.1) is 0 Å². The minimum absolute atomic E-state index is 0.0314. The summed E-state index contributed by atoms with van der Waals surface area (Å²) >= 11 is 0. The van der Waals surface area contributed by atoms with Gasteiger partial charge in [-0.2, -0.15) is 4.31 Å². The number of carbonyl (C=O) groups is 1. The number of nitrogens with one attached hydrogen (secondary N) is 1. The lowest BCUT2D eigenvalue weighted by atomic mass is 10.0. The van der Waals surface area contributed by atoms with Gasteiger partial charge in [-0.1, -0.05) is 6.92 Å². The largest absolute Gasteiger partial charge is 0.490 e. The standard InChI is InChI=1S/C20H31N3O5S/c1-4-20(2,3)21-19(24)15-22-8-10-23(11-9-22)29(25,26)16-6-7-17-18(14-16)28-13-5-12-27-17/h6-7,14H,4-5,8-13,15H2,1-3H3,(H,21,24). The van der Waals surface area contributed by atoms with Crippen LogP contribution >= 0.6 is 0 Å². The average molecular weight is 426 g/mol. The lowest BCUT2D eigenvalue weighted by Gasteiger charge is -2.34. The Hall–Kier alpha value is -1.84. The van der Waals surface area contributed by atoms with E-state index in [2.05, 4.69) is 5.32 Å². The first-order valence-corrected chi connectivity index (χ1v) is 11.6. The zero-order chi connectivity index (χ0) is 21.1. The molecule has 162 valence electrons. The van der Waals surface area contributed by atoms with Crippen molar-refractivity contribution in [3.63, 3.8) is 0 Å². The maximum Gasteiger partial charge on any atom is 0.243 e. The fourth-order valence-electron chi connectivity index (χ4n) is 3.29. The van der Waals surface area contributed by atoms with Gasteiger partial charge in [-0.05, 0) is 32.4 Å². The van der Waals surface area contributed by atoms with Crippen LogP contribution in [0.1, 0.15) is 33.6 Å². The third kappa shape index (κ3) is 5.40. The van der Waals surface area contributed by atoms with Gasteiger partial charge in [0.2, 0.25) is 15.9 Å². The maximum absolute atomic E-state index is 13.0. The van der Waals surface area contributed by atoms with Crippen molar-refractivity contribution in [2.75, 3.05) is 45.9 Å². The molecule has 9 heteroatoms. The molecule has 1 saturated heterocycles. The number of sulfonamides is 1. The number of nitrogens with zero attached hydrogens (tertiary/aromatic N) is 2. The molecule has 1 amide bonds. The van der Waals surface area contributed by atoms with E-state index in [1.165, 1.54) is 4.31 Å². The molecule has 1 aromatic carbocycles. The second kappa shape index (κ2) is 8.89. The van der Waals surface area contributed by atoms with Gasteiger partial charge in [0.05, 0.1) is 24.7 Å². The normalized spacial score (nSPS) is 18.9. The Labute approximate surface area is 173 Å². The first-order valence-electron chi connectivity index (χ1n) is 10.1. The molecule has 2 aliphatic rings. The number of benzene rings is 1. The first-order chi connectivity index (χ1) is 13.7. The van der Waals surface area contributed by atoms with Gasteiger partial charge in [0.25, 0.3) is 0 Å². The molecule has 0 aromatic heterocycles. The Kier molecular flexibility index (Phi) is 6.70. The number of fused-ring (bicyclic) bond motifs is 1. The number of hydrogen-bond donors (Lipinski definition) is 1. The Morgan fingerprint density at radius 1 is 1.10 bits per heavy atom. The Bertz CT molecular complexity index is 833. The second-order valence-electron chi connectivity index (χ2n) is 8.12. The summed E-state index contributed by atoms with van der Waals surface area (Å²) in [7, 11) is -3.62. The average Bonchev–Trinajstić information content (AvgIpc) is 2.92. The number of amides is 1. The van der Waals surface area contributed by atoms with Crippen molar-refractivity contribution in [3.8, 4) is 11.5 Å². The van der Waals surface area contributed by atoms with Crippen LogP contribution < -0.4 is 14.8 Å². The smallest absolute Gasteiger partial charge is 0.243 e. The van der Waals surface area contributed by atoms with Crippen molar-refractivity contribution in [1.82, 2.24) is 14.5 Å². The van der Waals surface area contributed by atoms with E-state index in [9.17, 15) is 13.2 Å². The molecular weight excluding hydrogens is 394 g/mol. The molecule has 1 N–H and O–H groups in total. The highest BCUT2D eigenvalue weighted by Crippen LogP contribution is 2.33. The molecule has 2 heterocycles. The van der Waals surface area contributed by atoms with Gasteiger partial charge >= 0.3 is 0 Å². The summed E-state index contributed by atoms with van der Waals surface area (Å²) < 4.78 is 38.8. The molecule has 8 nitrogen and oxygen atoms in total. The van der Waals surface area contributed by atoms with E-state index >= 15 is 0 Å². The molecule has 29 heavy (non-hydrogen) atoms. The van der Waals surface area contributed by atoms with Crippen LogP contribution in [0.3, 0.4) is 0 Å². The molecule has 1 aromatic rings. The fourth-order valence-corrected chi connectivity index (χ4v) is 4.73. The maximum atomic E-state index is 13.0. The number of carbonyl (C=O) groups excluding carboxylic acids is 1. The summed E-state index contributed by atoms with van der Waals surface area (Å²) in [5, 5.41) is 3.02. The molecule has 0 spiro atoms. The lowest BCUT2D eigenvalue weighted by molar-refractivity contribution is -0.124. The van der Waals surface area contributed by atoms with Gasteiger partial charge in [-0.15, -0.1) is 0 Å². The van der Waals surface area contributed by atoms with Crippen molar-refractivity contribution in [2.45, 2.75) is 44.0 Å². The van der Waals surface area contributed by atoms with E-state index in [-0.39, 0.29) is 22.9 Å². The topological polar surface area (TPSA) is 88.2 Å². The van der Waals surface area contributed by atoms with E-state index in [4.69, 9.17) is 9.47 Å². The molecule has 0 saturated carbocycles. The number of rotatable bonds is 6. The lowest BCUT2D eigenvalue weighted by Crippen LogP contribution is -2.53. The molecule has 0 aliphatic carbocycles. The summed E-state index contributed by atoms with van der Waals surface area (Å²) in [5.74, 6) is 1.01. The van der Waals surface area contributed by atoms with Gasteiger partial charge in [-0.25, -0.2) is 8.42 Å². The van der Waals surface area contributed by atoms with Crippen molar-refractivity contribution < 1.29 is 22.7 Å². The molecular formula is C20H31N3O5S. The van der Waals surface area contributed by atoms with Crippen LogP contribution in [0.4, 0.5) is 0 Å². The van der Waals surface area contributed by atoms with Crippen LogP contribution in [-0.4, -0.2) is 75.0 Å². The van der Waals surface area contributed by atoms with Gasteiger partial charge in [0.1, 0.15) is 0 Å². The summed E-state index contributed by atoms with van der Waals surface area (Å²) in [6.45, 7) is 9.09.